The molecule has 0 fully saturated rings. The minimum atomic E-state index is -0.928. The van der Waals surface area contributed by atoms with Crippen molar-refractivity contribution in [1.82, 2.24) is 5.43 Å². The van der Waals surface area contributed by atoms with Crippen LogP contribution in [0.4, 0.5) is 5.69 Å². The number of carbonyl (C=O) groups is 3. The van der Waals surface area contributed by atoms with Gasteiger partial charge >= 0.3 is 17.8 Å². The van der Waals surface area contributed by atoms with Crippen LogP contribution in [0.1, 0.15) is 15.9 Å². The van der Waals surface area contributed by atoms with E-state index < -0.39 is 17.8 Å². The van der Waals surface area contributed by atoms with Crippen molar-refractivity contribution in [3.8, 4) is 11.5 Å². The number of ether oxygens (including phenoxy) is 2. The summed E-state index contributed by atoms with van der Waals surface area (Å²) in [7, 11) is 1.53. The van der Waals surface area contributed by atoms with Crippen LogP contribution in [0.25, 0.3) is 0 Å². The Bertz CT molecular complexity index is 1150. The third kappa shape index (κ3) is 6.16. The second kappa shape index (κ2) is 10.7. The molecule has 3 rings (SSSR count). The Kier molecular flexibility index (Phi) is 7.55. The molecule has 2 amide bonds. The topological polar surface area (TPSA) is 106 Å². The van der Waals surface area contributed by atoms with E-state index in [1.165, 1.54) is 13.3 Å². The normalized spacial score (nSPS) is 10.4. The van der Waals surface area contributed by atoms with Gasteiger partial charge in [0.05, 0.1) is 23.9 Å². The number of benzene rings is 3. The molecule has 0 heterocycles. The second-order valence-corrected chi connectivity index (χ2v) is 6.73. The molecule has 3 aromatic carbocycles. The van der Waals surface area contributed by atoms with E-state index in [2.05, 4.69) is 15.8 Å². The van der Waals surface area contributed by atoms with Gasteiger partial charge < -0.3 is 14.8 Å². The van der Waals surface area contributed by atoms with Crippen LogP contribution in [0.3, 0.4) is 0 Å². The van der Waals surface area contributed by atoms with Gasteiger partial charge in [-0.2, -0.15) is 5.10 Å². The van der Waals surface area contributed by atoms with Crippen LogP contribution in [-0.2, 0) is 9.59 Å². The fraction of sp³-hybridized carbons (Fsp3) is 0.0435. The number of hydrogen-bond acceptors (Lipinski definition) is 6. The van der Waals surface area contributed by atoms with E-state index in [1.807, 2.05) is 0 Å². The number of esters is 1. The Morgan fingerprint density at radius 3 is 2.19 bits per heavy atom. The quantitative estimate of drug-likeness (QED) is 0.195. The van der Waals surface area contributed by atoms with Gasteiger partial charge in [0.25, 0.3) is 0 Å². The van der Waals surface area contributed by atoms with Crippen molar-refractivity contribution in [1.29, 1.82) is 0 Å². The van der Waals surface area contributed by atoms with Crippen molar-refractivity contribution in [2.75, 3.05) is 12.4 Å². The summed E-state index contributed by atoms with van der Waals surface area (Å²) in [4.78, 5) is 35.9. The first kappa shape index (κ1) is 22.5. The predicted octanol–water partition coefficient (Wildman–Crippen LogP) is 3.66. The van der Waals surface area contributed by atoms with Crippen LogP contribution in [0.2, 0.25) is 5.02 Å². The average molecular weight is 452 g/mol. The number of nitrogens with one attached hydrogen (secondary N) is 2. The number of hydrogen-bond donors (Lipinski definition) is 2. The molecule has 2 N–H and O–H groups in total. The standard InChI is InChI=1S/C23H18ClN3O5/c1-31-17-12-8-16(9-13-17)26-21(28)22(29)27-25-14-15-6-10-18(11-7-15)32-23(30)19-4-2-3-5-20(19)24/h2-14H,1H3,(H,26,28)(H,27,29). The number of anilines is 1. The Morgan fingerprint density at radius 2 is 1.53 bits per heavy atom. The maximum Gasteiger partial charge on any atom is 0.345 e. The molecular weight excluding hydrogens is 434 g/mol. The van der Waals surface area contributed by atoms with Crippen LogP contribution in [0.15, 0.2) is 77.9 Å². The molecule has 32 heavy (non-hydrogen) atoms. The summed E-state index contributed by atoms with van der Waals surface area (Å²) in [5.74, 6) is -1.43. The van der Waals surface area contributed by atoms with Crippen LogP contribution in [-0.4, -0.2) is 31.1 Å². The lowest BCUT2D eigenvalue weighted by atomic mass is 10.2. The minimum Gasteiger partial charge on any atom is -0.497 e. The van der Waals surface area contributed by atoms with E-state index in [0.717, 1.165) is 0 Å². The van der Waals surface area contributed by atoms with Gasteiger partial charge in [0.15, 0.2) is 0 Å². The highest BCUT2D eigenvalue weighted by atomic mass is 35.5. The van der Waals surface area contributed by atoms with Gasteiger partial charge in [-0.05, 0) is 66.2 Å². The summed E-state index contributed by atoms with van der Waals surface area (Å²) in [6, 6.07) is 19.5. The lowest BCUT2D eigenvalue weighted by molar-refractivity contribution is -0.136. The summed E-state index contributed by atoms with van der Waals surface area (Å²) in [6.45, 7) is 0. The summed E-state index contributed by atoms with van der Waals surface area (Å²) >= 11 is 5.99. The monoisotopic (exact) mass is 451 g/mol. The first-order valence-electron chi connectivity index (χ1n) is 9.31. The number of carbonyl (C=O) groups excluding carboxylic acids is 3. The van der Waals surface area contributed by atoms with Gasteiger partial charge in [0.2, 0.25) is 0 Å². The molecule has 0 saturated heterocycles. The number of amides is 2. The molecule has 0 aliphatic carbocycles. The number of hydrazone groups is 1. The second-order valence-electron chi connectivity index (χ2n) is 6.32. The minimum absolute atomic E-state index is 0.260. The van der Waals surface area contributed by atoms with E-state index in [-0.39, 0.29) is 5.56 Å². The van der Waals surface area contributed by atoms with E-state index in [4.69, 9.17) is 21.1 Å². The van der Waals surface area contributed by atoms with Crippen molar-refractivity contribution in [2.24, 2.45) is 5.10 Å². The summed E-state index contributed by atoms with van der Waals surface area (Å²) in [5.41, 5.74) is 3.45. The zero-order chi connectivity index (χ0) is 22.9. The molecular formula is C23H18ClN3O5. The molecule has 9 heteroatoms. The lowest BCUT2D eigenvalue weighted by Crippen LogP contribution is -2.32. The van der Waals surface area contributed by atoms with Crippen molar-refractivity contribution in [3.05, 3.63) is 88.9 Å². The number of methoxy groups -OCH3 is 1. The fourth-order valence-electron chi connectivity index (χ4n) is 2.49. The van der Waals surface area contributed by atoms with Crippen LogP contribution in [0.5, 0.6) is 11.5 Å². The Labute approximate surface area is 188 Å². The molecule has 3 aromatic rings. The highest BCUT2D eigenvalue weighted by Crippen LogP contribution is 2.19. The highest BCUT2D eigenvalue weighted by molar-refractivity contribution is 6.39. The fourth-order valence-corrected chi connectivity index (χ4v) is 2.70. The number of nitrogens with zero attached hydrogens (tertiary/aromatic N) is 1. The van der Waals surface area contributed by atoms with Gasteiger partial charge in [0.1, 0.15) is 11.5 Å². The first-order chi connectivity index (χ1) is 15.5. The van der Waals surface area contributed by atoms with E-state index >= 15 is 0 Å². The van der Waals surface area contributed by atoms with Crippen LogP contribution < -0.4 is 20.2 Å². The Morgan fingerprint density at radius 1 is 0.875 bits per heavy atom. The van der Waals surface area contributed by atoms with Crippen molar-refractivity contribution < 1.29 is 23.9 Å². The predicted molar refractivity (Wildman–Crippen MR) is 120 cm³/mol. The number of rotatable bonds is 6. The maximum atomic E-state index is 12.2. The highest BCUT2D eigenvalue weighted by Gasteiger charge is 2.13. The van der Waals surface area contributed by atoms with E-state index in [9.17, 15) is 14.4 Å². The lowest BCUT2D eigenvalue weighted by Gasteiger charge is -2.06. The SMILES string of the molecule is COc1ccc(NC(=O)C(=O)NN=Cc2ccc(OC(=O)c3ccccc3Cl)cc2)cc1. The molecule has 0 atom stereocenters. The van der Waals surface area contributed by atoms with E-state index in [0.29, 0.717) is 27.8 Å². The Hall–Kier alpha value is -4.17. The molecule has 0 spiro atoms. The molecule has 0 saturated carbocycles. The van der Waals surface area contributed by atoms with Gasteiger partial charge in [-0.1, -0.05) is 23.7 Å². The third-order valence-corrected chi connectivity index (χ3v) is 4.45. The molecule has 0 aliphatic rings. The smallest absolute Gasteiger partial charge is 0.345 e. The average Bonchev–Trinajstić information content (AvgIpc) is 2.80. The maximum absolute atomic E-state index is 12.2. The molecule has 8 nitrogen and oxygen atoms in total. The van der Waals surface area contributed by atoms with Gasteiger partial charge in [-0.3, -0.25) is 9.59 Å². The zero-order valence-electron chi connectivity index (χ0n) is 16.9. The van der Waals surface area contributed by atoms with Crippen molar-refractivity contribution >= 4 is 41.3 Å². The number of halogens is 1. The van der Waals surface area contributed by atoms with Gasteiger partial charge in [0, 0.05) is 5.69 Å². The third-order valence-electron chi connectivity index (χ3n) is 4.12. The zero-order valence-corrected chi connectivity index (χ0v) is 17.6. The van der Waals surface area contributed by atoms with Gasteiger partial charge in [-0.25, -0.2) is 10.2 Å². The van der Waals surface area contributed by atoms with E-state index in [1.54, 1.807) is 72.8 Å². The molecule has 162 valence electrons. The summed E-state index contributed by atoms with van der Waals surface area (Å²) < 4.78 is 10.3. The first-order valence-corrected chi connectivity index (χ1v) is 9.69. The molecule has 0 bridgehead atoms. The Balaban J connectivity index is 1.50. The largest absolute Gasteiger partial charge is 0.497 e. The summed E-state index contributed by atoms with van der Waals surface area (Å²) in [6.07, 6.45) is 1.35. The van der Waals surface area contributed by atoms with Crippen molar-refractivity contribution in [2.45, 2.75) is 0 Å². The molecule has 0 unspecified atom stereocenters. The van der Waals surface area contributed by atoms with Crippen LogP contribution >= 0.6 is 11.6 Å². The van der Waals surface area contributed by atoms with Gasteiger partial charge in [-0.15, -0.1) is 0 Å². The summed E-state index contributed by atoms with van der Waals surface area (Å²) in [5, 5.41) is 6.50. The molecule has 0 radical (unpaired) electrons. The molecule has 0 aromatic heterocycles. The molecule has 0 aliphatic heterocycles. The van der Waals surface area contributed by atoms with Crippen molar-refractivity contribution in [3.63, 3.8) is 0 Å². The van der Waals surface area contributed by atoms with Crippen LogP contribution in [0, 0.1) is 0 Å².